The SMILES string of the molecule is CC(=O)OC[C@H]1O[C@H](OC(C)=O)[C@@H](O[Si](C)(C)C)[C@@H](O[Si](C)(C)C)[C@@H]1O[Si](C)(C)C. The molecule has 0 amide bonds. The van der Waals surface area contributed by atoms with Crippen LogP contribution >= 0.6 is 0 Å². The number of hydrogen-bond acceptors (Lipinski definition) is 8. The van der Waals surface area contributed by atoms with E-state index in [1.165, 1.54) is 13.8 Å². The summed E-state index contributed by atoms with van der Waals surface area (Å²) in [5.74, 6) is -0.899. The van der Waals surface area contributed by atoms with Crippen LogP contribution in [0.15, 0.2) is 0 Å². The lowest BCUT2D eigenvalue weighted by molar-refractivity contribution is -0.283. The van der Waals surface area contributed by atoms with E-state index in [1.807, 2.05) is 0 Å². The summed E-state index contributed by atoms with van der Waals surface area (Å²) < 4.78 is 36.4. The fourth-order valence-corrected chi connectivity index (χ4v) is 6.35. The predicted octanol–water partition coefficient (Wildman–Crippen LogP) is 3.50. The quantitative estimate of drug-likeness (QED) is 0.366. The van der Waals surface area contributed by atoms with Crippen LogP contribution in [-0.2, 0) is 37.1 Å². The third kappa shape index (κ3) is 10.2. The van der Waals surface area contributed by atoms with E-state index in [0.29, 0.717) is 0 Å². The van der Waals surface area contributed by atoms with Gasteiger partial charge in [0.05, 0.1) is 0 Å². The van der Waals surface area contributed by atoms with Crippen molar-refractivity contribution in [2.45, 2.75) is 103 Å². The first-order chi connectivity index (χ1) is 13.4. The van der Waals surface area contributed by atoms with Crippen molar-refractivity contribution in [1.29, 1.82) is 0 Å². The molecule has 1 aliphatic heterocycles. The minimum Gasteiger partial charge on any atom is -0.463 e. The van der Waals surface area contributed by atoms with Crippen molar-refractivity contribution in [1.82, 2.24) is 0 Å². The Balaban J connectivity index is 3.44. The van der Waals surface area contributed by atoms with Crippen molar-refractivity contribution >= 4 is 36.9 Å². The van der Waals surface area contributed by atoms with Gasteiger partial charge in [-0.1, -0.05) is 0 Å². The van der Waals surface area contributed by atoms with Gasteiger partial charge >= 0.3 is 11.9 Å². The highest BCUT2D eigenvalue weighted by Gasteiger charge is 2.53. The molecule has 0 aliphatic carbocycles. The highest BCUT2D eigenvalue weighted by atomic mass is 28.4. The van der Waals surface area contributed by atoms with Gasteiger partial charge in [0.15, 0.2) is 25.0 Å². The highest BCUT2D eigenvalue weighted by Crippen LogP contribution is 2.34. The molecule has 0 unspecified atom stereocenters. The van der Waals surface area contributed by atoms with E-state index in [2.05, 4.69) is 58.9 Å². The molecule has 0 spiro atoms. The molecule has 30 heavy (non-hydrogen) atoms. The summed E-state index contributed by atoms with van der Waals surface area (Å²) in [6, 6.07) is 0. The van der Waals surface area contributed by atoms with Crippen molar-refractivity contribution < 1.29 is 37.1 Å². The average molecular weight is 481 g/mol. The van der Waals surface area contributed by atoms with Crippen molar-refractivity contribution in [3.63, 3.8) is 0 Å². The van der Waals surface area contributed by atoms with Gasteiger partial charge in [0.1, 0.15) is 31.0 Å². The molecule has 0 aromatic rings. The Kier molecular flexibility index (Phi) is 9.49. The van der Waals surface area contributed by atoms with Crippen LogP contribution in [0.4, 0.5) is 0 Å². The van der Waals surface area contributed by atoms with E-state index < -0.39 is 67.6 Å². The van der Waals surface area contributed by atoms with Crippen molar-refractivity contribution in [3.05, 3.63) is 0 Å². The van der Waals surface area contributed by atoms with Gasteiger partial charge in [-0.15, -0.1) is 0 Å². The Labute approximate surface area is 184 Å². The van der Waals surface area contributed by atoms with Gasteiger partial charge in [-0.2, -0.15) is 0 Å². The zero-order valence-corrected chi connectivity index (χ0v) is 23.4. The number of rotatable bonds is 9. The van der Waals surface area contributed by atoms with Gasteiger partial charge in [0.2, 0.25) is 6.29 Å². The fourth-order valence-electron chi connectivity index (χ4n) is 3.10. The molecule has 8 nitrogen and oxygen atoms in total. The molecule has 0 bridgehead atoms. The molecular weight excluding hydrogens is 440 g/mol. The van der Waals surface area contributed by atoms with Gasteiger partial charge < -0.3 is 27.5 Å². The minimum absolute atomic E-state index is 0.0204. The number of hydrogen-bond donors (Lipinski definition) is 0. The van der Waals surface area contributed by atoms with Crippen molar-refractivity contribution in [3.8, 4) is 0 Å². The molecule has 0 aromatic carbocycles. The topological polar surface area (TPSA) is 89.5 Å². The van der Waals surface area contributed by atoms with E-state index in [-0.39, 0.29) is 6.61 Å². The van der Waals surface area contributed by atoms with Crippen LogP contribution in [0.2, 0.25) is 58.9 Å². The van der Waals surface area contributed by atoms with Crippen LogP contribution in [0.25, 0.3) is 0 Å². The van der Waals surface area contributed by atoms with Gasteiger partial charge in [0.25, 0.3) is 0 Å². The van der Waals surface area contributed by atoms with E-state index in [0.717, 1.165) is 0 Å². The summed E-state index contributed by atoms with van der Waals surface area (Å²) >= 11 is 0. The maximum atomic E-state index is 11.8. The second kappa shape index (κ2) is 10.4. The maximum Gasteiger partial charge on any atom is 0.305 e. The molecule has 1 fully saturated rings. The average Bonchev–Trinajstić information content (AvgIpc) is 2.47. The standard InChI is InChI=1S/C19H40O8Si3/c1-13(20)22-12-15-16(25-28(3,4)5)17(26-29(6,7)8)18(27-30(9,10)11)19(24-15)23-14(2)21/h15-19H,12H2,1-11H3/t15-,16-,17+,18+,19+/m1/s1. The number of ether oxygens (including phenoxy) is 3. The first kappa shape index (κ1) is 27.5. The van der Waals surface area contributed by atoms with E-state index >= 15 is 0 Å². The lowest BCUT2D eigenvalue weighted by Gasteiger charge is -2.50. The minimum atomic E-state index is -2.07. The molecule has 176 valence electrons. The second-order valence-electron chi connectivity index (χ2n) is 10.5. The maximum absolute atomic E-state index is 11.8. The van der Waals surface area contributed by atoms with Crippen LogP contribution < -0.4 is 0 Å². The lowest BCUT2D eigenvalue weighted by Crippen LogP contribution is -2.66. The molecule has 1 aliphatic rings. The summed E-state index contributed by atoms with van der Waals surface area (Å²) in [7, 11) is -6.16. The van der Waals surface area contributed by atoms with Gasteiger partial charge in [-0.3, -0.25) is 9.59 Å². The van der Waals surface area contributed by atoms with E-state index in [1.54, 1.807) is 0 Å². The van der Waals surface area contributed by atoms with Crippen LogP contribution in [-0.4, -0.2) is 74.2 Å². The number of esters is 2. The molecule has 0 radical (unpaired) electrons. The van der Waals surface area contributed by atoms with Crippen molar-refractivity contribution in [2.24, 2.45) is 0 Å². The van der Waals surface area contributed by atoms with Crippen LogP contribution in [0.3, 0.4) is 0 Å². The summed E-state index contributed by atoms with van der Waals surface area (Å²) in [6.45, 7) is 21.3. The summed E-state index contributed by atoms with van der Waals surface area (Å²) in [5.41, 5.74) is 0. The molecule has 11 heteroatoms. The molecule has 1 rings (SSSR count). The van der Waals surface area contributed by atoms with Crippen LogP contribution in [0.1, 0.15) is 13.8 Å². The van der Waals surface area contributed by atoms with Gasteiger partial charge in [0, 0.05) is 13.8 Å². The summed E-state index contributed by atoms with van der Waals surface area (Å²) in [5, 5.41) is 0. The molecule has 0 saturated carbocycles. The zero-order valence-electron chi connectivity index (χ0n) is 20.4. The predicted molar refractivity (Wildman–Crippen MR) is 122 cm³/mol. The Morgan fingerprint density at radius 2 is 1.13 bits per heavy atom. The molecule has 0 aromatic heterocycles. The normalized spacial score (nSPS) is 28.2. The molecule has 0 N–H and O–H groups in total. The third-order valence-corrected chi connectivity index (χ3v) is 6.73. The smallest absolute Gasteiger partial charge is 0.305 e. The first-order valence-corrected chi connectivity index (χ1v) is 20.6. The summed E-state index contributed by atoms with van der Waals surface area (Å²) in [4.78, 5) is 23.3. The third-order valence-electron chi connectivity index (χ3n) is 3.79. The second-order valence-corrected chi connectivity index (χ2v) is 23.9. The Bertz CT molecular complexity index is 594. The monoisotopic (exact) mass is 480 g/mol. The van der Waals surface area contributed by atoms with E-state index in [4.69, 9.17) is 27.5 Å². The first-order valence-electron chi connectivity index (χ1n) is 10.4. The van der Waals surface area contributed by atoms with Crippen molar-refractivity contribution in [2.75, 3.05) is 6.61 Å². The highest BCUT2D eigenvalue weighted by molar-refractivity contribution is 6.70. The van der Waals surface area contributed by atoms with Gasteiger partial charge in [-0.25, -0.2) is 0 Å². The summed E-state index contributed by atoms with van der Waals surface area (Å²) in [6.07, 6.45) is -3.29. The lowest BCUT2D eigenvalue weighted by atomic mass is 9.99. The largest absolute Gasteiger partial charge is 0.463 e. The Morgan fingerprint density at radius 3 is 1.53 bits per heavy atom. The zero-order chi connectivity index (χ0) is 23.5. The Morgan fingerprint density at radius 1 is 0.700 bits per heavy atom. The Hall–Kier alpha value is -0.569. The fraction of sp³-hybridized carbons (Fsp3) is 0.895. The molecule has 1 heterocycles. The van der Waals surface area contributed by atoms with Crippen LogP contribution in [0, 0.1) is 0 Å². The molecular formula is C19H40O8Si3. The molecule has 5 atom stereocenters. The number of carbonyl (C=O) groups excluding carboxylic acids is 2. The number of carbonyl (C=O) groups is 2. The van der Waals surface area contributed by atoms with Crippen LogP contribution in [0.5, 0.6) is 0 Å². The van der Waals surface area contributed by atoms with Gasteiger partial charge in [-0.05, 0) is 58.9 Å². The molecule has 1 saturated heterocycles. The van der Waals surface area contributed by atoms with E-state index in [9.17, 15) is 9.59 Å².